The molecule has 0 radical (unpaired) electrons. The van der Waals surface area contributed by atoms with Gasteiger partial charge in [-0.15, -0.1) is 0 Å². The molecular weight excluding hydrogens is 218 g/mol. The molecule has 1 N–H and O–H groups in total. The lowest BCUT2D eigenvalue weighted by Crippen LogP contribution is -2.03. The monoisotopic (exact) mass is 229 g/mol. The number of rotatable bonds is 2. The first-order valence-corrected chi connectivity index (χ1v) is 5.08. The van der Waals surface area contributed by atoms with Gasteiger partial charge in [0.1, 0.15) is 0 Å². The molecule has 0 saturated carbocycles. The lowest BCUT2D eigenvalue weighted by Gasteiger charge is -2.03. The van der Waals surface area contributed by atoms with Gasteiger partial charge < -0.3 is 9.72 Å². The summed E-state index contributed by atoms with van der Waals surface area (Å²) in [5.41, 5.74) is 1.86. The maximum atomic E-state index is 11.4. The number of methoxy groups -OCH3 is 1. The Balaban J connectivity index is 2.46. The number of pyridine rings is 1. The van der Waals surface area contributed by atoms with Crippen LogP contribution >= 0.6 is 0 Å². The minimum atomic E-state index is -0.392. The van der Waals surface area contributed by atoms with Crippen LogP contribution in [0.25, 0.3) is 11.1 Å². The Morgan fingerprint density at radius 3 is 2.65 bits per heavy atom. The molecular formula is C13H11NO3. The molecule has 0 fully saturated rings. The molecule has 1 heterocycles. The smallest absolute Gasteiger partial charge is 0.337 e. The van der Waals surface area contributed by atoms with Gasteiger partial charge in [0.2, 0.25) is 5.56 Å². The van der Waals surface area contributed by atoms with Crippen molar-refractivity contribution >= 4 is 5.97 Å². The van der Waals surface area contributed by atoms with Gasteiger partial charge in [-0.05, 0) is 29.3 Å². The van der Waals surface area contributed by atoms with Crippen molar-refractivity contribution in [3.05, 3.63) is 58.5 Å². The van der Waals surface area contributed by atoms with Gasteiger partial charge in [-0.25, -0.2) is 4.79 Å². The van der Waals surface area contributed by atoms with Crippen LogP contribution in [0.2, 0.25) is 0 Å². The average Bonchev–Trinajstić information content (AvgIpc) is 2.38. The highest BCUT2D eigenvalue weighted by molar-refractivity contribution is 5.90. The highest BCUT2D eigenvalue weighted by atomic mass is 16.5. The van der Waals surface area contributed by atoms with Gasteiger partial charge in [-0.1, -0.05) is 12.1 Å². The molecule has 1 aromatic heterocycles. The number of ether oxygens (including phenoxy) is 1. The Bertz CT molecular complexity index is 601. The molecule has 2 aromatic rings. The summed E-state index contributed by atoms with van der Waals surface area (Å²) in [6.07, 6.45) is 1.57. The fourth-order valence-corrected chi connectivity index (χ4v) is 1.57. The van der Waals surface area contributed by atoms with Crippen molar-refractivity contribution in [2.24, 2.45) is 0 Å². The quantitative estimate of drug-likeness (QED) is 0.799. The van der Waals surface area contributed by atoms with Crippen molar-refractivity contribution in [2.45, 2.75) is 0 Å². The van der Waals surface area contributed by atoms with Crippen LogP contribution in [0.3, 0.4) is 0 Å². The SMILES string of the molecule is COC(=O)c1cccc(-c2cc[nH]c(=O)c2)c1. The number of aromatic amines is 1. The summed E-state index contributed by atoms with van der Waals surface area (Å²) in [6.45, 7) is 0. The highest BCUT2D eigenvalue weighted by Gasteiger charge is 2.06. The average molecular weight is 229 g/mol. The van der Waals surface area contributed by atoms with Crippen LogP contribution in [0.5, 0.6) is 0 Å². The Morgan fingerprint density at radius 1 is 1.18 bits per heavy atom. The number of carbonyl (C=O) groups excluding carboxylic acids is 1. The van der Waals surface area contributed by atoms with E-state index in [1.54, 1.807) is 30.5 Å². The minimum absolute atomic E-state index is 0.175. The second-order valence-corrected chi connectivity index (χ2v) is 3.51. The zero-order chi connectivity index (χ0) is 12.3. The number of carbonyl (C=O) groups is 1. The van der Waals surface area contributed by atoms with Gasteiger partial charge in [0.15, 0.2) is 0 Å². The number of benzene rings is 1. The van der Waals surface area contributed by atoms with E-state index in [-0.39, 0.29) is 5.56 Å². The summed E-state index contributed by atoms with van der Waals surface area (Å²) < 4.78 is 4.64. The van der Waals surface area contributed by atoms with Crippen molar-refractivity contribution in [1.82, 2.24) is 4.98 Å². The number of nitrogens with one attached hydrogen (secondary N) is 1. The molecule has 86 valence electrons. The van der Waals surface area contributed by atoms with Crippen molar-refractivity contribution in [3.8, 4) is 11.1 Å². The Labute approximate surface area is 97.9 Å². The van der Waals surface area contributed by atoms with Crippen LogP contribution in [0.1, 0.15) is 10.4 Å². The summed E-state index contributed by atoms with van der Waals surface area (Å²) in [5.74, 6) is -0.392. The molecule has 0 bridgehead atoms. The van der Waals surface area contributed by atoms with Crippen LogP contribution in [0, 0.1) is 0 Å². The van der Waals surface area contributed by atoms with Gasteiger partial charge in [-0.3, -0.25) is 4.79 Å². The van der Waals surface area contributed by atoms with Crippen LogP contribution in [0.15, 0.2) is 47.4 Å². The molecule has 0 atom stereocenters. The van der Waals surface area contributed by atoms with Crippen molar-refractivity contribution in [3.63, 3.8) is 0 Å². The van der Waals surface area contributed by atoms with Gasteiger partial charge in [0.25, 0.3) is 0 Å². The summed E-state index contributed by atoms with van der Waals surface area (Å²) >= 11 is 0. The molecule has 1 aromatic carbocycles. The summed E-state index contributed by atoms with van der Waals surface area (Å²) in [4.78, 5) is 25.1. The van der Waals surface area contributed by atoms with E-state index in [4.69, 9.17) is 0 Å². The van der Waals surface area contributed by atoms with E-state index in [0.717, 1.165) is 11.1 Å². The molecule has 0 amide bonds. The van der Waals surface area contributed by atoms with Gasteiger partial charge in [-0.2, -0.15) is 0 Å². The van der Waals surface area contributed by atoms with Crippen LogP contribution in [-0.4, -0.2) is 18.1 Å². The van der Waals surface area contributed by atoms with Crippen LogP contribution in [0.4, 0.5) is 0 Å². The molecule has 0 aliphatic carbocycles. The molecule has 0 spiro atoms. The molecule has 0 aliphatic heterocycles. The maximum Gasteiger partial charge on any atom is 0.337 e. The van der Waals surface area contributed by atoms with Gasteiger partial charge in [0, 0.05) is 12.3 Å². The third-order valence-electron chi connectivity index (χ3n) is 2.39. The Kier molecular flexibility index (Phi) is 3.05. The van der Waals surface area contributed by atoms with Gasteiger partial charge in [0.05, 0.1) is 12.7 Å². The third-order valence-corrected chi connectivity index (χ3v) is 2.39. The highest BCUT2D eigenvalue weighted by Crippen LogP contribution is 2.18. The summed E-state index contributed by atoms with van der Waals surface area (Å²) in [7, 11) is 1.34. The third kappa shape index (κ3) is 2.42. The summed E-state index contributed by atoms with van der Waals surface area (Å²) in [5, 5.41) is 0. The number of H-pyrrole nitrogens is 1. The second-order valence-electron chi connectivity index (χ2n) is 3.51. The normalized spacial score (nSPS) is 9.94. The van der Waals surface area contributed by atoms with Crippen LogP contribution < -0.4 is 5.56 Å². The Hall–Kier alpha value is -2.36. The zero-order valence-electron chi connectivity index (χ0n) is 9.27. The fourth-order valence-electron chi connectivity index (χ4n) is 1.57. The fraction of sp³-hybridized carbons (Fsp3) is 0.0769. The van der Waals surface area contributed by atoms with Gasteiger partial charge >= 0.3 is 5.97 Å². The van der Waals surface area contributed by atoms with E-state index in [0.29, 0.717) is 5.56 Å². The molecule has 0 aliphatic rings. The maximum absolute atomic E-state index is 11.4. The lowest BCUT2D eigenvalue weighted by atomic mass is 10.0. The van der Waals surface area contributed by atoms with E-state index < -0.39 is 5.97 Å². The standard InChI is InChI=1S/C13H11NO3/c1-17-13(16)11-4-2-3-9(7-11)10-5-6-14-12(15)8-10/h2-8H,1H3,(H,14,15). The second kappa shape index (κ2) is 4.65. The molecule has 0 unspecified atom stereocenters. The van der Waals surface area contributed by atoms with Crippen molar-refractivity contribution in [1.29, 1.82) is 0 Å². The van der Waals surface area contributed by atoms with E-state index in [9.17, 15) is 9.59 Å². The van der Waals surface area contributed by atoms with E-state index in [2.05, 4.69) is 9.72 Å². The van der Waals surface area contributed by atoms with E-state index in [1.165, 1.54) is 13.2 Å². The largest absolute Gasteiger partial charge is 0.465 e. The van der Waals surface area contributed by atoms with E-state index >= 15 is 0 Å². The van der Waals surface area contributed by atoms with Crippen molar-refractivity contribution < 1.29 is 9.53 Å². The first kappa shape index (κ1) is 11.1. The number of hydrogen-bond acceptors (Lipinski definition) is 3. The van der Waals surface area contributed by atoms with Crippen LogP contribution in [-0.2, 0) is 4.74 Å². The molecule has 17 heavy (non-hydrogen) atoms. The molecule has 2 rings (SSSR count). The Morgan fingerprint density at radius 2 is 1.94 bits per heavy atom. The number of aromatic nitrogens is 1. The topological polar surface area (TPSA) is 59.2 Å². The molecule has 4 nitrogen and oxygen atoms in total. The summed E-state index contributed by atoms with van der Waals surface area (Å²) in [6, 6.07) is 10.2. The van der Waals surface area contributed by atoms with Crippen molar-refractivity contribution in [2.75, 3.05) is 7.11 Å². The first-order chi connectivity index (χ1) is 8.20. The lowest BCUT2D eigenvalue weighted by molar-refractivity contribution is 0.0601. The first-order valence-electron chi connectivity index (χ1n) is 5.08. The van der Waals surface area contributed by atoms with E-state index in [1.807, 2.05) is 6.07 Å². The predicted octanol–water partition coefficient (Wildman–Crippen LogP) is 1.83. The number of hydrogen-bond donors (Lipinski definition) is 1. The molecule has 0 saturated heterocycles. The number of esters is 1. The molecule has 4 heteroatoms. The predicted molar refractivity (Wildman–Crippen MR) is 63.8 cm³/mol. The minimum Gasteiger partial charge on any atom is -0.465 e. The zero-order valence-corrected chi connectivity index (χ0v) is 9.27.